The molecule has 0 aliphatic carbocycles. The highest BCUT2D eigenvalue weighted by Crippen LogP contribution is 2.42. The molecule has 9 rings (SSSR count). The highest BCUT2D eigenvalue weighted by Gasteiger charge is 2.40. The standard InChI is InChI=1S/C47H37N5O4/c1-32(53)52-43-20-12-11-19-39(43)45(54)44(52)29-38-28-40(41-27-33(21-22-42(41)49-38)46(55)50-23-25-56-26-24-50)34-30-48-51(31-34)47(35-13-5-2-6-14-35,36-15-7-3-8-16-36)37-17-9-4-10-18-37/h2-22,27-31H,23-26H2,1H3/b44-29-. The van der Waals surface area contributed by atoms with Crippen molar-refractivity contribution in [1.29, 1.82) is 0 Å². The van der Waals surface area contributed by atoms with Gasteiger partial charge in [-0.25, -0.2) is 4.98 Å². The number of para-hydroxylation sites is 1. The minimum Gasteiger partial charge on any atom is -0.378 e. The maximum atomic E-state index is 13.8. The maximum absolute atomic E-state index is 13.8. The monoisotopic (exact) mass is 735 g/mol. The van der Waals surface area contributed by atoms with Crippen LogP contribution in [0.3, 0.4) is 0 Å². The number of amides is 2. The Morgan fingerprint density at radius 2 is 1.34 bits per heavy atom. The van der Waals surface area contributed by atoms with Crippen molar-refractivity contribution in [3.05, 3.63) is 191 Å². The number of nitrogens with zero attached hydrogens (tertiary/aromatic N) is 5. The van der Waals surface area contributed by atoms with Crippen LogP contribution in [-0.2, 0) is 15.1 Å². The summed E-state index contributed by atoms with van der Waals surface area (Å²) >= 11 is 0. The molecule has 0 atom stereocenters. The van der Waals surface area contributed by atoms with Crippen LogP contribution < -0.4 is 4.90 Å². The Balaban J connectivity index is 1.26. The predicted molar refractivity (Wildman–Crippen MR) is 216 cm³/mol. The number of allylic oxidation sites excluding steroid dienone is 1. The average molecular weight is 736 g/mol. The summed E-state index contributed by atoms with van der Waals surface area (Å²) in [6, 6.07) is 45.5. The lowest BCUT2D eigenvalue weighted by Crippen LogP contribution is -2.40. The SMILES string of the molecule is CC(=O)N1/C(=C\c2cc(-c3cnn(C(c4ccccc4)(c4ccccc4)c4ccccc4)c3)c3cc(C(=O)N4CCOCC4)ccc3n2)C(=O)c2ccccc21. The van der Waals surface area contributed by atoms with Crippen molar-refractivity contribution in [3.63, 3.8) is 0 Å². The van der Waals surface area contributed by atoms with Crippen LogP contribution in [0.5, 0.6) is 0 Å². The van der Waals surface area contributed by atoms with Crippen LogP contribution in [0.25, 0.3) is 28.1 Å². The third-order valence-electron chi connectivity index (χ3n) is 10.6. The summed E-state index contributed by atoms with van der Waals surface area (Å²) < 4.78 is 7.51. The minimum atomic E-state index is -0.850. The number of hydrogen-bond acceptors (Lipinski definition) is 6. The van der Waals surface area contributed by atoms with E-state index in [0.717, 1.165) is 33.2 Å². The van der Waals surface area contributed by atoms with Crippen molar-refractivity contribution in [2.45, 2.75) is 12.5 Å². The first-order valence-corrected chi connectivity index (χ1v) is 18.6. The van der Waals surface area contributed by atoms with E-state index in [0.29, 0.717) is 54.3 Å². The van der Waals surface area contributed by atoms with Crippen molar-refractivity contribution < 1.29 is 19.1 Å². The van der Waals surface area contributed by atoms with Gasteiger partial charge in [0.25, 0.3) is 5.91 Å². The number of morpholine rings is 1. The van der Waals surface area contributed by atoms with Crippen LogP contribution in [0, 0.1) is 0 Å². The molecule has 2 aliphatic rings. The van der Waals surface area contributed by atoms with Gasteiger partial charge in [0.1, 0.15) is 5.54 Å². The van der Waals surface area contributed by atoms with E-state index in [2.05, 4.69) is 36.4 Å². The number of pyridine rings is 1. The van der Waals surface area contributed by atoms with E-state index < -0.39 is 5.54 Å². The number of anilines is 1. The van der Waals surface area contributed by atoms with Gasteiger partial charge >= 0.3 is 0 Å². The van der Waals surface area contributed by atoms with Gasteiger partial charge in [-0.2, -0.15) is 5.10 Å². The third kappa shape index (κ3) is 5.89. The zero-order valence-electron chi connectivity index (χ0n) is 30.7. The molecule has 56 heavy (non-hydrogen) atoms. The lowest BCUT2D eigenvalue weighted by molar-refractivity contribution is -0.116. The molecule has 0 saturated carbocycles. The van der Waals surface area contributed by atoms with Gasteiger partial charge in [-0.1, -0.05) is 103 Å². The fraction of sp³-hybridized carbons (Fsp3) is 0.128. The molecular formula is C47H37N5O4. The molecule has 274 valence electrons. The molecule has 0 spiro atoms. The van der Waals surface area contributed by atoms with E-state index in [1.54, 1.807) is 30.3 Å². The smallest absolute Gasteiger partial charge is 0.254 e. The van der Waals surface area contributed by atoms with E-state index in [4.69, 9.17) is 14.8 Å². The molecule has 2 aliphatic heterocycles. The lowest BCUT2D eigenvalue weighted by atomic mass is 9.77. The lowest BCUT2D eigenvalue weighted by Gasteiger charge is -2.36. The molecule has 9 nitrogen and oxygen atoms in total. The first kappa shape index (κ1) is 34.8. The van der Waals surface area contributed by atoms with Gasteiger partial charge in [0.2, 0.25) is 11.7 Å². The van der Waals surface area contributed by atoms with Crippen LogP contribution in [0.15, 0.2) is 158 Å². The van der Waals surface area contributed by atoms with Gasteiger partial charge in [-0.15, -0.1) is 0 Å². The summed E-state index contributed by atoms with van der Waals surface area (Å²) in [6.07, 6.45) is 5.55. The second-order valence-corrected chi connectivity index (χ2v) is 13.9. The van der Waals surface area contributed by atoms with Crippen molar-refractivity contribution in [2.75, 3.05) is 31.2 Å². The predicted octanol–water partition coefficient (Wildman–Crippen LogP) is 8.00. The van der Waals surface area contributed by atoms with Gasteiger partial charge in [0.15, 0.2) is 0 Å². The Labute approximate surface area is 324 Å². The zero-order chi connectivity index (χ0) is 38.2. The summed E-state index contributed by atoms with van der Waals surface area (Å²) in [6.45, 7) is 3.47. The van der Waals surface area contributed by atoms with Crippen molar-refractivity contribution >= 4 is 40.3 Å². The van der Waals surface area contributed by atoms with E-state index in [9.17, 15) is 14.4 Å². The highest BCUT2D eigenvalue weighted by molar-refractivity contribution is 6.26. The third-order valence-corrected chi connectivity index (χ3v) is 10.6. The molecule has 0 radical (unpaired) electrons. The van der Waals surface area contributed by atoms with E-state index in [1.807, 2.05) is 101 Å². The summed E-state index contributed by atoms with van der Waals surface area (Å²) in [5.41, 5.74) is 6.66. The van der Waals surface area contributed by atoms with E-state index >= 15 is 0 Å². The molecule has 9 heteroatoms. The van der Waals surface area contributed by atoms with Crippen LogP contribution in [0.4, 0.5) is 5.69 Å². The number of ether oxygens (including phenoxy) is 1. The molecule has 0 N–H and O–H groups in total. The number of ketones is 1. The molecule has 5 aromatic carbocycles. The second kappa shape index (κ2) is 14.4. The summed E-state index contributed by atoms with van der Waals surface area (Å²) in [7, 11) is 0. The van der Waals surface area contributed by atoms with Crippen molar-refractivity contribution in [2.24, 2.45) is 0 Å². The fourth-order valence-corrected chi connectivity index (χ4v) is 8.06. The van der Waals surface area contributed by atoms with Crippen molar-refractivity contribution in [3.8, 4) is 11.1 Å². The van der Waals surface area contributed by atoms with Gasteiger partial charge in [0.05, 0.1) is 42.0 Å². The van der Waals surface area contributed by atoms with Crippen LogP contribution in [0.2, 0.25) is 0 Å². The van der Waals surface area contributed by atoms with Crippen LogP contribution in [0.1, 0.15) is 50.0 Å². The Kier molecular flexibility index (Phi) is 8.91. The molecule has 0 unspecified atom stereocenters. The van der Waals surface area contributed by atoms with Crippen LogP contribution >= 0.6 is 0 Å². The molecule has 4 heterocycles. The Hall–Kier alpha value is -6.97. The molecular weight excluding hydrogens is 699 g/mol. The number of benzene rings is 5. The van der Waals surface area contributed by atoms with Gasteiger partial charge < -0.3 is 9.64 Å². The highest BCUT2D eigenvalue weighted by atomic mass is 16.5. The number of aromatic nitrogens is 3. The number of hydrogen-bond donors (Lipinski definition) is 0. The number of carbonyl (C=O) groups is 3. The maximum Gasteiger partial charge on any atom is 0.254 e. The summed E-state index contributed by atoms with van der Waals surface area (Å²) in [4.78, 5) is 48.8. The minimum absolute atomic E-state index is 0.0780. The van der Waals surface area contributed by atoms with Gasteiger partial charge in [0, 0.05) is 48.3 Å². The van der Waals surface area contributed by atoms with Crippen LogP contribution in [-0.4, -0.2) is 63.6 Å². The zero-order valence-corrected chi connectivity index (χ0v) is 30.7. The fourth-order valence-electron chi connectivity index (χ4n) is 8.06. The summed E-state index contributed by atoms with van der Waals surface area (Å²) in [5, 5.41) is 5.87. The second-order valence-electron chi connectivity index (χ2n) is 13.9. The van der Waals surface area contributed by atoms with Gasteiger partial charge in [-0.3, -0.25) is 24.0 Å². The summed E-state index contributed by atoms with van der Waals surface area (Å²) in [5.74, 6) is -0.607. The Bertz CT molecular complexity index is 2550. The normalized spacial score (nSPS) is 15.0. The van der Waals surface area contributed by atoms with E-state index in [-0.39, 0.29) is 23.3 Å². The average Bonchev–Trinajstić information content (AvgIpc) is 3.85. The number of fused-ring (bicyclic) bond motifs is 2. The molecule has 2 aromatic heterocycles. The van der Waals surface area contributed by atoms with Crippen molar-refractivity contribution in [1.82, 2.24) is 19.7 Å². The van der Waals surface area contributed by atoms with E-state index in [1.165, 1.54) is 11.8 Å². The largest absolute Gasteiger partial charge is 0.378 e. The van der Waals surface area contributed by atoms with Gasteiger partial charge in [-0.05, 0) is 64.7 Å². The number of carbonyl (C=O) groups excluding carboxylic acids is 3. The number of rotatable bonds is 7. The molecule has 2 amide bonds. The molecule has 7 aromatic rings. The molecule has 1 saturated heterocycles. The topological polar surface area (TPSA) is 97.6 Å². The first-order chi connectivity index (χ1) is 27.4. The first-order valence-electron chi connectivity index (χ1n) is 18.6. The Morgan fingerprint density at radius 1 is 0.732 bits per heavy atom. The number of Topliss-reactive ketones (excluding diaryl/α,β-unsaturated/α-hetero) is 1. The molecule has 1 fully saturated rings. The Morgan fingerprint density at radius 3 is 1.96 bits per heavy atom. The quantitative estimate of drug-likeness (QED) is 0.122. The molecule has 0 bridgehead atoms.